The zero-order valence-corrected chi connectivity index (χ0v) is 10.5. The minimum Gasteiger partial charge on any atom is -0.0901 e. The summed E-state index contributed by atoms with van der Waals surface area (Å²) in [5, 5.41) is 7.11. The van der Waals surface area contributed by atoms with Gasteiger partial charge in [0.25, 0.3) is 0 Å². The Kier molecular flexibility index (Phi) is 4.31. The predicted molar refractivity (Wildman–Crippen MR) is 74.6 cm³/mol. The van der Waals surface area contributed by atoms with Crippen LogP contribution in [0.1, 0.15) is 0 Å². The molecule has 0 aliphatic carbocycles. The van der Waals surface area contributed by atoms with Gasteiger partial charge in [0.05, 0.1) is 0 Å². The van der Waals surface area contributed by atoms with E-state index in [1.54, 1.807) is 24.3 Å². The van der Waals surface area contributed by atoms with E-state index in [0.717, 1.165) is 9.79 Å². The molecular formula is C12H8N6S. The minimum absolute atomic E-state index is 0.568. The number of hydrogen-bond acceptors (Lipinski definition) is 3. The SMILES string of the molecule is [N-]=[N+]=Nc1cccc(Sc2cccc(N=[N+]=[N-])c2)c1. The summed E-state index contributed by atoms with van der Waals surface area (Å²) in [7, 11) is 0. The van der Waals surface area contributed by atoms with Gasteiger partial charge in [-0.05, 0) is 35.3 Å². The second-order valence-corrected chi connectivity index (χ2v) is 4.62. The summed E-state index contributed by atoms with van der Waals surface area (Å²) in [6.07, 6.45) is 0. The monoisotopic (exact) mass is 268 g/mol. The van der Waals surface area contributed by atoms with Crippen molar-refractivity contribution in [3.05, 3.63) is 69.4 Å². The number of hydrogen-bond donors (Lipinski definition) is 0. The quantitative estimate of drug-likeness (QED) is 0.395. The molecule has 0 spiro atoms. The molecule has 19 heavy (non-hydrogen) atoms. The summed E-state index contributed by atoms with van der Waals surface area (Å²) >= 11 is 1.50. The van der Waals surface area contributed by atoms with Gasteiger partial charge in [0.1, 0.15) is 0 Å². The normalized spacial score (nSPS) is 9.26. The Morgan fingerprint density at radius 1 is 0.789 bits per heavy atom. The van der Waals surface area contributed by atoms with E-state index in [1.807, 2.05) is 24.3 Å². The molecule has 0 aliphatic heterocycles. The van der Waals surface area contributed by atoms with Crippen LogP contribution in [0.25, 0.3) is 20.9 Å². The Balaban J connectivity index is 2.25. The first-order valence-electron chi connectivity index (χ1n) is 5.30. The predicted octanol–water partition coefficient (Wildman–Crippen LogP) is 5.72. The van der Waals surface area contributed by atoms with Crippen molar-refractivity contribution in [1.29, 1.82) is 0 Å². The lowest BCUT2D eigenvalue weighted by Gasteiger charge is -2.03. The zero-order chi connectivity index (χ0) is 13.5. The molecule has 0 atom stereocenters. The summed E-state index contributed by atoms with van der Waals surface area (Å²) in [5.41, 5.74) is 17.9. The number of rotatable bonds is 4. The number of benzene rings is 2. The van der Waals surface area contributed by atoms with Crippen LogP contribution in [0.2, 0.25) is 0 Å². The summed E-state index contributed by atoms with van der Waals surface area (Å²) in [6.45, 7) is 0. The van der Waals surface area contributed by atoms with Crippen molar-refractivity contribution < 1.29 is 0 Å². The third-order valence-electron chi connectivity index (χ3n) is 2.19. The maximum Gasteiger partial charge on any atom is 0.0386 e. The van der Waals surface area contributed by atoms with E-state index in [4.69, 9.17) is 11.1 Å². The van der Waals surface area contributed by atoms with Crippen molar-refractivity contribution in [2.24, 2.45) is 10.2 Å². The zero-order valence-electron chi connectivity index (χ0n) is 9.71. The van der Waals surface area contributed by atoms with E-state index in [0.29, 0.717) is 11.4 Å². The summed E-state index contributed by atoms with van der Waals surface area (Å²) in [4.78, 5) is 7.40. The molecule has 0 bridgehead atoms. The maximum absolute atomic E-state index is 8.40. The average Bonchev–Trinajstić information content (AvgIpc) is 2.40. The van der Waals surface area contributed by atoms with Crippen molar-refractivity contribution in [3.8, 4) is 0 Å². The fraction of sp³-hybridized carbons (Fsp3) is 0. The molecular weight excluding hydrogens is 260 g/mol. The van der Waals surface area contributed by atoms with Gasteiger partial charge in [-0.15, -0.1) is 0 Å². The average molecular weight is 268 g/mol. The molecule has 2 aromatic rings. The van der Waals surface area contributed by atoms with Gasteiger partial charge in [-0.1, -0.05) is 46.3 Å². The van der Waals surface area contributed by atoms with Crippen LogP contribution in [0.15, 0.2) is 68.6 Å². The van der Waals surface area contributed by atoms with Gasteiger partial charge in [0.15, 0.2) is 0 Å². The molecule has 0 heterocycles. The molecule has 92 valence electrons. The Labute approximate surface area is 113 Å². The second kappa shape index (κ2) is 6.37. The van der Waals surface area contributed by atoms with Gasteiger partial charge in [0.2, 0.25) is 0 Å². The van der Waals surface area contributed by atoms with E-state index in [1.165, 1.54) is 11.8 Å². The molecule has 0 saturated carbocycles. The van der Waals surface area contributed by atoms with Crippen molar-refractivity contribution in [2.75, 3.05) is 0 Å². The lowest BCUT2D eigenvalue weighted by Crippen LogP contribution is -1.73. The van der Waals surface area contributed by atoms with Crippen LogP contribution in [0.5, 0.6) is 0 Å². The van der Waals surface area contributed by atoms with Crippen molar-refractivity contribution in [3.63, 3.8) is 0 Å². The van der Waals surface area contributed by atoms with Crippen LogP contribution >= 0.6 is 11.8 Å². The molecule has 6 nitrogen and oxygen atoms in total. The Hall–Kier alpha value is -2.59. The van der Waals surface area contributed by atoms with Crippen molar-refractivity contribution >= 4 is 23.1 Å². The third-order valence-corrected chi connectivity index (χ3v) is 3.17. The van der Waals surface area contributed by atoms with Gasteiger partial charge in [-0.2, -0.15) is 0 Å². The van der Waals surface area contributed by atoms with Crippen molar-refractivity contribution in [1.82, 2.24) is 0 Å². The standard InChI is InChI=1S/C12H8N6S/c13-17-15-9-3-1-5-11(7-9)19-12-6-2-4-10(8-12)16-18-14/h1-8H. The van der Waals surface area contributed by atoms with Crippen LogP contribution in [0, 0.1) is 0 Å². The fourth-order valence-electron chi connectivity index (χ4n) is 1.46. The van der Waals surface area contributed by atoms with Gasteiger partial charge >= 0.3 is 0 Å². The van der Waals surface area contributed by atoms with Crippen LogP contribution < -0.4 is 0 Å². The molecule has 0 N–H and O–H groups in total. The van der Waals surface area contributed by atoms with Gasteiger partial charge in [-0.25, -0.2) is 0 Å². The smallest absolute Gasteiger partial charge is 0.0386 e. The van der Waals surface area contributed by atoms with E-state index in [2.05, 4.69) is 20.1 Å². The first-order chi connectivity index (χ1) is 9.31. The van der Waals surface area contributed by atoms with E-state index < -0.39 is 0 Å². The molecule has 0 unspecified atom stereocenters. The molecule has 0 saturated heterocycles. The molecule has 0 amide bonds. The highest BCUT2D eigenvalue weighted by Crippen LogP contribution is 2.32. The molecule has 7 heteroatoms. The first-order valence-corrected chi connectivity index (χ1v) is 6.11. The van der Waals surface area contributed by atoms with Crippen LogP contribution in [0.3, 0.4) is 0 Å². The Bertz CT molecular complexity index is 627. The first kappa shape index (κ1) is 12.9. The van der Waals surface area contributed by atoms with Crippen LogP contribution in [0.4, 0.5) is 11.4 Å². The highest BCUT2D eigenvalue weighted by molar-refractivity contribution is 7.99. The molecule has 2 rings (SSSR count). The molecule has 0 aliphatic rings. The lowest BCUT2D eigenvalue weighted by molar-refractivity contribution is 1.35. The summed E-state index contributed by atoms with van der Waals surface area (Å²) in [5.74, 6) is 0. The van der Waals surface area contributed by atoms with E-state index >= 15 is 0 Å². The van der Waals surface area contributed by atoms with E-state index in [-0.39, 0.29) is 0 Å². The molecule has 0 fully saturated rings. The highest BCUT2D eigenvalue weighted by atomic mass is 32.2. The Morgan fingerprint density at radius 2 is 1.26 bits per heavy atom. The fourth-order valence-corrected chi connectivity index (χ4v) is 2.38. The van der Waals surface area contributed by atoms with Crippen LogP contribution in [-0.4, -0.2) is 0 Å². The summed E-state index contributed by atoms with van der Waals surface area (Å²) in [6, 6.07) is 14.5. The number of nitrogens with zero attached hydrogens (tertiary/aromatic N) is 6. The van der Waals surface area contributed by atoms with E-state index in [9.17, 15) is 0 Å². The third kappa shape index (κ3) is 3.69. The molecule has 0 radical (unpaired) electrons. The second-order valence-electron chi connectivity index (χ2n) is 3.48. The number of azide groups is 2. The van der Waals surface area contributed by atoms with Gasteiger partial charge < -0.3 is 0 Å². The van der Waals surface area contributed by atoms with Gasteiger partial charge in [0, 0.05) is 31.0 Å². The minimum atomic E-state index is 0.568. The maximum atomic E-state index is 8.40. The topological polar surface area (TPSA) is 97.5 Å². The Morgan fingerprint density at radius 3 is 1.68 bits per heavy atom. The molecule has 2 aromatic carbocycles. The highest BCUT2D eigenvalue weighted by Gasteiger charge is 1.99. The largest absolute Gasteiger partial charge is 0.0901 e. The summed E-state index contributed by atoms with van der Waals surface area (Å²) < 4.78 is 0. The lowest BCUT2D eigenvalue weighted by atomic mass is 10.3. The van der Waals surface area contributed by atoms with Gasteiger partial charge in [-0.3, -0.25) is 0 Å². The van der Waals surface area contributed by atoms with Crippen molar-refractivity contribution in [2.45, 2.75) is 9.79 Å². The van der Waals surface area contributed by atoms with Crippen LogP contribution in [-0.2, 0) is 0 Å². The molecule has 0 aromatic heterocycles.